The molecule has 0 fully saturated rings. The van der Waals surface area contributed by atoms with Crippen molar-refractivity contribution in [1.29, 1.82) is 0 Å². The zero-order chi connectivity index (χ0) is 35.9. The minimum atomic E-state index is -0.306. The van der Waals surface area contributed by atoms with E-state index < -0.39 is 0 Å². The van der Waals surface area contributed by atoms with Crippen molar-refractivity contribution in [3.05, 3.63) is 123 Å². The van der Waals surface area contributed by atoms with Crippen molar-refractivity contribution in [2.75, 3.05) is 12.5 Å². The minimum absolute atomic E-state index is 0.272. The van der Waals surface area contributed by atoms with Gasteiger partial charge in [-0.15, -0.1) is 0 Å². The molecule has 0 saturated carbocycles. The van der Waals surface area contributed by atoms with Crippen LogP contribution >= 0.6 is 69.3 Å². The highest BCUT2D eigenvalue weighted by atomic mass is 127. The van der Waals surface area contributed by atoms with Crippen LogP contribution in [0.15, 0.2) is 108 Å². The molecule has 51 heavy (non-hydrogen) atoms. The first-order valence-electron chi connectivity index (χ1n) is 14.7. The monoisotopic (exact) mass is 870 g/mol. The average molecular weight is 872 g/mol. The number of hydrogen-bond donors (Lipinski definition) is 1. The third kappa shape index (κ3) is 9.15. The van der Waals surface area contributed by atoms with Gasteiger partial charge in [0, 0.05) is 23.5 Å². The molecule has 8 rings (SSSR count). The topological polar surface area (TPSA) is 124 Å². The lowest BCUT2D eigenvalue weighted by Crippen LogP contribution is -2.02. The van der Waals surface area contributed by atoms with E-state index in [-0.39, 0.29) is 11.6 Å². The fraction of sp³-hybridized carbons (Fsp3) is 0.0588. The zero-order valence-corrected chi connectivity index (χ0v) is 31.8. The van der Waals surface area contributed by atoms with Crippen LogP contribution in [0, 0.1) is 15.3 Å². The van der Waals surface area contributed by atoms with Crippen molar-refractivity contribution in [3.63, 3.8) is 0 Å². The van der Waals surface area contributed by atoms with E-state index in [2.05, 4.69) is 67.4 Å². The number of H-pyrrole nitrogens is 1. The minimum Gasteiger partial charge on any atom is -0.337 e. The number of aromatic nitrogens is 10. The molecule has 0 spiro atoms. The summed E-state index contributed by atoms with van der Waals surface area (Å²) >= 11 is 17.0. The number of aromatic amines is 1. The summed E-state index contributed by atoms with van der Waals surface area (Å²) in [5.41, 5.74) is 4.16. The quantitative estimate of drug-likeness (QED) is 0.0588. The van der Waals surface area contributed by atoms with E-state index in [0.29, 0.717) is 44.2 Å². The Bertz CT molecular complexity index is 2430. The fourth-order valence-corrected chi connectivity index (χ4v) is 6.10. The first-order chi connectivity index (χ1) is 24.7. The van der Waals surface area contributed by atoms with Crippen molar-refractivity contribution in [1.82, 2.24) is 49.4 Å². The summed E-state index contributed by atoms with van der Waals surface area (Å²) < 4.78 is 29.0. The van der Waals surface area contributed by atoms with Gasteiger partial charge in [0.15, 0.2) is 21.6 Å². The van der Waals surface area contributed by atoms with Crippen LogP contribution in [0.25, 0.3) is 50.9 Å². The molecule has 0 aliphatic rings. The Kier molecular flexibility index (Phi) is 12.0. The van der Waals surface area contributed by atoms with Crippen LogP contribution in [0.5, 0.6) is 0 Å². The molecule has 1 N–H and O–H groups in total. The van der Waals surface area contributed by atoms with Crippen LogP contribution in [-0.2, 0) is 0 Å². The van der Waals surface area contributed by atoms with Gasteiger partial charge in [-0.2, -0.15) is 0 Å². The number of benzene rings is 2. The number of nitrogens with zero attached hydrogens (tertiary/aromatic N) is 9. The first-order valence-corrected chi connectivity index (χ1v) is 19.0. The van der Waals surface area contributed by atoms with E-state index in [4.69, 9.17) is 23.2 Å². The van der Waals surface area contributed by atoms with Gasteiger partial charge in [-0.1, -0.05) is 46.7 Å². The normalized spacial score (nSPS) is 10.8. The molecule has 0 amide bonds. The van der Waals surface area contributed by atoms with Gasteiger partial charge in [-0.3, -0.25) is 4.57 Å². The molecular weight excluding hydrogens is 848 g/mol. The maximum absolute atomic E-state index is 13.3. The Morgan fingerprint density at radius 1 is 0.627 bits per heavy atom. The number of imidazole rings is 2. The SMILES string of the molecule is CSc1nccc(-n2c(-c3ccc(F)cc3)nc3nc(Cl)ccc32)n1.CSc1nccc(I)n1.Fc1ccc(-c2nc3nc(Cl)ccc3[nH]2)cc1. The molecule has 0 radical (unpaired) electrons. The second-order valence-electron chi connectivity index (χ2n) is 10.1. The van der Waals surface area contributed by atoms with Crippen molar-refractivity contribution >= 4 is 91.6 Å². The lowest BCUT2D eigenvalue weighted by atomic mass is 10.2. The van der Waals surface area contributed by atoms with E-state index in [0.717, 1.165) is 31.0 Å². The Hall–Kier alpha value is -4.29. The van der Waals surface area contributed by atoms with Crippen molar-refractivity contribution in [3.8, 4) is 28.6 Å². The van der Waals surface area contributed by atoms with Crippen molar-refractivity contribution in [2.24, 2.45) is 0 Å². The van der Waals surface area contributed by atoms with Crippen LogP contribution in [0.3, 0.4) is 0 Å². The van der Waals surface area contributed by atoms with E-state index in [1.807, 2.05) is 35.3 Å². The fourth-order valence-electron chi connectivity index (χ4n) is 4.55. The van der Waals surface area contributed by atoms with E-state index in [9.17, 15) is 8.78 Å². The van der Waals surface area contributed by atoms with Crippen molar-refractivity contribution in [2.45, 2.75) is 10.3 Å². The highest BCUT2D eigenvalue weighted by Crippen LogP contribution is 2.29. The summed E-state index contributed by atoms with van der Waals surface area (Å²) in [6.07, 6.45) is 7.33. The summed E-state index contributed by atoms with van der Waals surface area (Å²) in [6.45, 7) is 0. The number of rotatable bonds is 5. The maximum atomic E-state index is 13.3. The molecule has 17 heteroatoms. The molecule has 0 atom stereocenters. The van der Waals surface area contributed by atoms with Gasteiger partial charge in [-0.25, -0.2) is 48.7 Å². The summed E-state index contributed by atoms with van der Waals surface area (Å²) in [5.74, 6) is 1.33. The standard InChI is InChI=1S/C17H11ClFN5S.C12H7ClFN3.C5H5IN2S/c1-25-17-20-9-8-14(22-17)24-12-6-7-13(18)21-15(12)23-16(24)10-2-4-11(19)5-3-10;13-10-6-5-9-12(16-10)17-11(15-9)7-1-3-8(14)4-2-7;1-9-5-7-3-2-4(6)8-5/h2-9H,1H3;1-6H,(H,15,16,17);2-3H,1H3. The predicted octanol–water partition coefficient (Wildman–Crippen LogP) is 9.61. The molecule has 6 heterocycles. The van der Waals surface area contributed by atoms with Gasteiger partial charge in [-0.05, 0) is 120 Å². The number of nitrogens with one attached hydrogen (secondary N) is 1. The number of fused-ring (bicyclic) bond motifs is 2. The van der Waals surface area contributed by atoms with Gasteiger partial charge in [0.1, 0.15) is 43.1 Å². The van der Waals surface area contributed by atoms with E-state index in [1.165, 1.54) is 36.0 Å². The third-order valence-corrected chi connectivity index (χ3v) is 8.98. The van der Waals surface area contributed by atoms with Gasteiger partial charge < -0.3 is 4.98 Å². The zero-order valence-electron chi connectivity index (χ0n) is 26.5. The number of pyridine rings is 2. The Morgan fingerprint density at radius 2 is 1.22 bits per heavy atom. The van der Waals surface area contributed by atoms with E-state index >= 15 is 0 Å². The molecule has 0 saturated heterocycles. The summed E-state index contributed by atoms with van der Waals surface area (Å²) in [4.78, 5) is 37.2. The highest BCUT2D eigenvalue weighted by molar-refractivity contribution is 14.1. The highest BCUT2D eigenvalue weighted by Gasteiger charge is 2.17. The molecule has 0 aliphatic heterocycles. The summed E-state index contributed by atoms with van der Waals surface area (Å²) in [6, 6.07) is 23.0. The van der Waals surface area contributed by atoms with Crippen LogP contribution in [-0.4, -0.2) is 61.9 Å². The number of halogens is 5. The van der Waals surface area contributed by atoms with Crippen molar-refractivity contribution < 1.29 is 8.78 Å². The molecular formula is C34H23Cl2F2IN10S2. The molecule has 6 aromatic heterocycles. The van der Waals surface area contributed by atoms with Gasteiger partial charge in [0.25, 0.3) is 0 Å². The summed E-state index contributed by atoms with van der Waals surface area (Å²) in [5, 5.41) is 2.23. The Morgan fingerprint density at radius 3 is 1.84 bits per heavy atom. The first kappa shape index (κ1) is 36.5. The number of thioether (sulfide) groups is 2. The van der Waals surface area contributed by atoms with Gasteiger partial charge in [0.2, 0.25) is 0 Å². The van der Waals surface area contributed by atoms with Gasteiger partial charge >= 0.3 is 0 Å². The smallest absolute Gasteiger partial charge is 0.189 e. The molecule has 2 aromatic carbocycles. The van der Waals surface area contributed by atoms with Crippen LogP contribution in [0.1, 0.15) is 0 Å². The predicted molar refractivity (Wildman–Crippen MR) is 207 cm³/mol. The van der Waals surface area contributed by atoms with Crippen LogP contribution in [0.4, 0.5) is 8.78 Å². The lowest BCUT2D eigenvalue weighted by molar-refractivity contribution is 0.627. The Labute approximate surface area is 322 Å². The third-order valence-electron chi connectivity index (χ3n) is 6.83. The molecule has 0 bridgehead atoms. The van der Waals surface area contributed by atoms with Gasteiger partial charge in [0.05, 0.1) is 11.0 Å². The van der Waals surface area contributed by atoms with Crippen LogP contribution in [0.2, 0.25) is 10.3 Å². The average Bonchev–Trinajstić information content (AvgIpc) is 3.74. The van der Waals surface area contributed by atoms with E-state index in [1.54, 1.807) is 66.6 Å². The lowest BCUT2D eigenvalue weighted by Gasteiger charge is -2.09. The second kappa shape index (κ2) is 16.8. The molecule has 10 nitrogen and oxygen atoms in total. The largest absolute Gasteiger partial charge is 0.337 e. The molecule has 0 unspecified atom stereocenters. The second-order valence-corrected chi connectivity index (χ2v) is 13.5. The Balaban J connectivity index is 0.000000148. The molecule has 256 valence electrons. The molecule has 0 aliphatic carbocycles. The summed E-state index contributed by atoms with van der Waals surface area (Å²) in [7, 11) is 0. The molecule has 8 aromatic rings. The number of hydrogen-bond acceptors (Lipinski definition) is 10. The maximum Gasteiger partial charge on any atom is 0.189 e. The van der Waals surface area contributed by atoms with Crippen LogP contribution < -0.4 is 0 Å².